The van der Waals surface area contributed by atoms with Crippen molar-refractivity contribution in [1.82, 2.24) is 15.1 Å². The van der Waals surface area contributed by atoms with E-state index in [1.165, 1.54) is 77.8 Å². The molecule has 2 atom stereocenters. The highest BCUT2D eigenvalue weighted by Crippen LogP contribution is 2.32. The highest BCUT2D eigenvalue weighted by atomic mass is 15.2. The van der Waals surface area contributed by atoms with Gasteiger partial charge in [0.1, 0.15) is 0 Å². The largest absolute Gasteiger partial charge is 0.316 e. The maximum absolute atomic E-state index is 3.64. The molecule has 20 heavy (non-hydrogen) atoms. The van der Waals surface area contributed by atoms with Crippen LogP contribution in [0.5, 0.6) is 0 Å². The van der Waals surface area contributed by atoms with Gasteiger partial charge in [0.05, 0.1) is 0 Å². The van der Waals surface area contributed by atoms with Crippen LogP contribution in [-0.2, 0) is 0 Å². The van der Waals surface area contributed by atoms with E-state index in [4.69, 9.17) is 0 Å². The zero-order chi connectivity index (χ0) is 14.4. The van der Waals surface area contributed by atoms with Crippen LogP contribution in [0.25, 0.3) is 0 Å². The molecule has 1 N–H and O–H groups in total. The van der Waals surface area contributed by atoms with Crippen molar-refractivity contribution in [2.45, 2.75) is 58.4 Å². The van der Waals surface area contributed by atoms with Crippen LogP contribution in [0.15, 0.2) is 0 Å². The molecule has 0 aromatic rings. The van der Waals surface area contributed by atoms with Crippen molar-refractivity contribution < 1.29 is 0 Å². The van der Waals surface area contributed by atoms with E-state index in [0.717, 1.165) is 6.04 Å². The van der Waals surface area contributed by atoms with Crippen LogP contribution in [0.3, 0.4) is 0 Å². The van der Waals surface area contributed by atoms with E-state index < -0.39 is 0 Å². The number of likely N-dealkylation sites (N-methyl/N-ethyl adjacent to an activating group) is 2. The van der Waals surface area contributed by atoms with Crippen LogP contribution < -0.4 is 5.32 Å². The molecule has 2 fully saturated rings. The second-order valence-electron chi connectivity index (χ2n) is 7.15. The molecule has 0 saturated carbocycles. The zero-order valence-corrected chi connectivity index (χ0v) is 14.0. The molecule has 0 radical (unpaired) electrons. The van der Waals surface area contributed by atoms with Gasteiger partial charge in [-0.25, -0.2) is 0 Å². The first kappa shape index (κ1) is 16.3. The smallest absolute Gasteiger partial charge is 0.0223 e. The number of nitrogens with zero attached hydrogens (tertiary/aromatic N) is 2. The molecule has 0 bridgehead atoms. The van der Waals surface area contributed by atoms with Crippen molar-refractivity contribution in [1.29, 1.82) is 0 Å². The van der Waals surface area contributed by atoms with Crippen molar-refractivity contribution in [2.75, 3.05) is 46.3 Å². The lowest BCUT2D eigenvalue weighted by Gasteiger charge is -2.41. The van der Waals surface area contributed by atoms with Crippen LogP contribution in [0.2, 0.25) is 0 Å². The van der Waals surface area contributed by atoms with Gasteiger partial charge in [0, 0.05) is 25.7 Å². The quantitative estimate of drug-likeness (QED) is 0.774. The van der Waals surface area contributed by atoms with Crippen molar-refractivity contribution in [3.05, 3.63) is 0 Å². The number of likely N-dealkylation sites (tertiary alicyclic amines) is 1. The van der Waals surface area contributed by atoms with Crippen molar-refractivity contribution in [2.24, 2.45) is 5.41 Å². The Labute approximate surface area is 126 Å². The van der Waals surface area contributed by atoms with E-state index in [1.807, 2.05) is 0 Å². The van der Waals surface area contributed by atoms with Gasteiger partial charge >= 0.3 is 0 Å². The van der Waals surface area contributed by atoms with Gasteiger partial charge in [-0.3, -0.25) is 4.90 Å². The summed E-state index contributed by atoms with van der Waals surface area (Å²) in [5, 5.41) is 3.64. The molecule has 2 rings (SSSR count). The van der Waals surface area contributed by atoms with Gasteiger partial charge in [0.15, 0.2) is 0 Å². The maximum Gasteiger partial charge on any atom is 0.0223 e. The first-order valence-corrected chi connectivity index (χ1v) is 8.82. The summed E-state index contributed by atoms with van der Waals surface area (Å²) in [6.45, 7) is 12.2. The number of hydrogen-bond acceptors (Lipinski definition) is 3. The molecule has 3 nitrogen and oxygen atoms in total. The Bertz CT molecular complexity index is 268. The van der Waals surface area contributed by atoms with Gasteiger partial charge in [-0.2, -0.15) is 0 Å². The minimum Gasteiger partial charge on any atom is -0.316 e. The molecule has 0 aromatic carbocycles. The Morgan fingerprint density at radius 1 is 1.30 bits per heavy atom. The molecule has 2 saturated heterocycles. The summed E-state index contributed by atoms with van der Waals surface area (Å²) in [5.74, 6) is 0. The topological polar surface area (TPSA) is 18.5 Å². The van der Waals surface area contributed by atoms with E-state index >= 15 is 0 Å². The van der Waals surface area contributed by atoms with Gasteiger partial charge in [0.25, 0.3) is 0 Å². The van der Waals surface area contributed by atoms with E-state index in [9.17, 15) is 0 Å². The molecule has 0 aromatic heterocycles. The van der Waals surface area contributed by atoms with Crippen LogP contribution in [0.1, 0.15) is 52.4 Å². The minimum absolute atomic E-state index is 0.539. The lowest BCUT2D eigenvalue weighted by Crippen LogP contribution is -2.49. The number of nitrogens with one attached hydrogen (secondary N) is 1. The van der Waals surface area contributed by atoms with E-state index in [1.54, 1.807) is 0 Å². The zero-order valence-electron chi connectivity index (χ0n) is 14.0. The SMILES string of the molecule is CCCC1(CN(C)CC2CCCN2CC)CCCNC1. The van der Waals surface area contributed by atoms with Gasteiger partial charge in [-0.05, 0) is 64.2 Å². The summed E-state index contributed by atoms with van der Waals surface area (Å²) in [6, 6.07) is 0.806. The van der Waals surface area contributed by atoms with E-state index in [-0.39, 0.29) is 0 Å². The second kappa shape index (κ2) is 7.77. The molecular weight excluding hydrogens is 246 g/mol. The van der Waals surface area contributed by atoms with Gasteiger partial charge in [0.2, 0.25) is 0 Å². The predicted octanol–water partition coefficient (Wildman–Crippen LogP) is 2.57. The average Bonchev–Trinajstić information content (AvgIpc) is 2.86. The van der Waals surface area contributed by atoms with Crippen LogP contribution in [0, 0.1) is 5.41 Å². The maximum atomic E-state index is 3.64. The molecule has 2 unspecified atom stereocenters. The standard InChI is InChI=1S/C17H35N3/c1-4-9-17(10-7-11-18-14-17)15-19(3)13-16-8-6-12-20(16)5-2/h16,18H,4-15H2,1-3H3. The lowest BCUT2D eigenvalue weighted by molar-refractivity contribution is 0.103. The second-order valence-corrected chi connectivity index (χ2v) is 7.15. The first-order valence-electron chi connectivity index (χ1n) is 8.82. The molecule has 2 aliphatic heterocycles. The fourth-order valence-electron chi connectivity index (χ4n) is 4.50. The van der Waals surface area contributed by atoms with Crippen LogP contribution >= 0.6 is 0 Å². The summed E-state index contributed by atoms with van der Waals surface area (Å²) in [7, 11) is 2.35. The molecule has 2 aliphatic rings. The molecule has 0 amide bonds. The van der Waals surface area contributed by atoms with E-state index in [2.05, 4.69) is 36.0 Å². The highest BCUT2D eigenvalue weighted by molar-refractivity contribution is 4.89. The number of rotatable bonds is 7. The average molecular weight is 281 g/mol. The van der Waals surface area contributed by atoms with E-state index in [0.29, 0.717) is 5.41 Å². The molecule has 0 aliphatic carbocycles. The molecule has 118 valence electrons. The van der Waals surface area contributed by atoms with Gasteiger partial charge < -0.3 is 10.2 Å². The van der Waals surface area contributed by atoms with Crippen LogP contribution in [0.4, 0.5) is 0 Å². The summed E-state index contributed by atoms with van der Waals surface area (Å²) in [6.07, 6.45) is 8.27. The Morgan fingerprint density at radius 2 is 2.15 bits per heavy atom. The van der Waals surface area contributed by atoms with Crippen molar-refractivity contribution in [3.63, 3.8) is 0 Å². The summed E-state index contributed by atoms with van der Waals surface area (Å²) in [4.78, 5) is 5.30. The number of piperidine rings is 1. The molecule has 3 heteroatoms. The fraction of sp³-hybridized carbons (Fsp3) is 1.00. The third-order valence-corrected chi connectivity index (χ3v) is 5.37. The monoisotopic (exact) mass is 281 g/mol. The fourth-order valence-corrected chi connectivity index (χ4v) is 4.50. The van der Waals surface area contributed by atoms with Crippen LogP contribution in [-0.4, -0.2) is 62.2 Å². The third kappa shape index (κ3) is 4.19. The third-order valence-electron chi connectivity index (χ3n) is 5.37. The molecule has 0 spiro atoms. The highest BCUT2D eigenvalue weighted by Gasteiger charge is 2.33. The Balaban J connectivity index is 1.86. The Hall–Kier alpha value is -0.120. The minimum atomic E-state index is 0.539. The Kier molecular flexibility index (Phi) is 6.31. The molecular formula is C17H35N3. The summed E-state index contributed by atoms with van der Waals surface area (Å²) < 4.78 is 0. The van der Waals surface area contributed by atoms with Crippen molar-refractivity contribution in [3.8, 4) is 0 Å². The first-order chi connectivity index (χ1) is 9.69. The molecule has 2 heterocycles. The summed E-state index contributed by atoms with van der Waals surface area (Å²) >= 11 is 0. The summed E-state index contributed by atoms with van der Waals surface area (Å²) in [5.41, 5.74) is 0.539. The normalized spacial score (nSPS) is 32.1. The predicted molar refractivity (Wildman–Crippen MR) is 87.2 cm³/mol. The van der Waals surface area contributed by atoms with Gasteiger partial charge in [-0.15, -0.1) is 0 Å². The Morgan fingerprint density at radius 3 is 2.80 bits per heavy atom. The lowest BCUT2D eigenvalue weighted by atomic mass is 9.76. The van der Waals surface area contributed by atoms with Crippen molar-refractivity contribution >= 4 is 0 Å². The number of hydrogen-bond donors (Lipinski definition) is 1. The van der Waals surface area contributed by atoms with Gasteiger partial charge in [-0.1, -0.05) is 20.3 Å².